The van der Waals surface area contributed by atoms with Crippen LogP contribution in [-0.4, -0.2) is 33.9 Å². The van der Waals surface area contributed by atoms with Gasteiger partial charge in [-0.3, -0.25) is 4.79 Å². The van der Waals surface area contributed by atoms with E-state index in [2.05, 4.69) is 21.4 Å². The molecular formula is C16H15N5O. The Kier molecular flexibility index (Phi) is 3.97. The molecule has 0 bridgehead atoms. The molecular weight excluding hydrogens is 278 g/mol. The van der Waals surface area contributed by atoms with Crippen LogP contribution in [0, 0.1) is 11.3 Å². The van der Waals surface area contributed by atoms with Crippen molar-refractivity contribution in [2.24, 2.45) is 0 Å². The molecule has 0 unspecified atom stereocenters. The molecule has 2 aromatic rings. The molecule has 0 atom stereocenters. The fraction of sp³-hybridized carbons (Fsp3) is 0.250. The van der Waals surface area contributed by atoms with Gasteiger partial charge in [0.05, 0.1) is 11.3 Å². The van der Waals surface area contributed by atoms with Crippen molar-refractivity contribution in [1.82, 2.24) is 14.9 Å². The summed E-state index contributed by atoms with van der Waals surface area (Å²) in [5, 5.41) is 12.1. The highest BCUT2D eigenvalue weighted by molar-refractivity contribution is 5.92. The molecule has 1 aliphatic heterocycles. The zero-order valence-electron chi connectivity index (χ0n) is 12.0. The number of nitrogens with zero attached hydrogens (tertiary/aromatic N) is 4. The van der Waals surface area contributed by atoms with E-state index >= 15 is 0 Å². The van der Waals surface area contributed by atoms with E-state index in [0.29, 0.717) is 22.9 Å². The minimum atomic E-state index is -0.0727. The Bertz CT molecular complexity index is 731. The SMILES string of the molecule is N#Cc1ccccc1Nc1nccc(C(=O)N2CCCC2)n1. The van der Waals surface area contributed by atoms with Gasteiger partial charge in [0.25, 0.3) is 5.91 Å². The van der Waals surface area contributed by atoms with Gasteiger partial charge >= 0.3 is 0 Å². The fourth-order valence-electron chi connectivity index (χ4n) is 2.43. The maximum Gasteiger partial charge on any atom is 0.272 e. The topological polar surface area (TPSA) is 81.9 Å². The van der Waals surface area contributed by atoms with Crippen LogP contribution in [0.15, 0.2) is 36.5 Å². The van der Waals surface area contributed by atoms with Gasteiger partial charge in [0.2, 0.25) is 5.95 Å². The van der Waals surface area contributed by atoms with Crippen LogP contribution in [0.2, 0.25) is 0 Å². The standard InChI is InChI=1S/C16H15N5O/c17-11-12-5-1-2-6-13(12)19-16-18-8-7-14(20-16)15(22)21-9-3-4-10-21/h1-2,5-8H,3-4,9-10H2,(H,18,19,20). The fourth-order valence-corrected chi connectivity index (χ4v) is 2.43. The molecule has 2 heterocycles. The highest BCUT2D eigenvalue weighted by Crippen LogP contribution is 2.18. The van der Waals surface area contributed by atoms with Gasteiger partial charge in [-0.2, -0.15) is 5.26 Å². The van der Waals surface area contributed by atoms with E-state index in [0.717, 1.165) is 25.9 Å². The number of aromatic nitrogens is 2. The number of amides is 1. The minimum absolute atomic E-state index is 0.0727. The third kappa shape index (κ3) is 2.88. The number of likely N-dealkylation sites (tertiary alicyclic amines) is 1. The largest absolute Gasteiger partial charge is 0.337 e. The summed E-state index contributed by atoms with van der Waals surface area (Å²) in [7, 11) is 0. The summed E-state index contributed by atoms with van der Waals surface area (Å²) in [6.45, 7) is 1.56. The van der Waals surface area contributed by atoms with Crippen molar-refractivity contribution in [3.05, 3.63) is 47.8 Å². The molecule has 6 heteroatoms. The molecule has 110 valence electrons. The van der Waals surface area contributed by atoms with E-state index in [1.807, 2.05) is 6.07 Å². The molecule has 0 aliphatic carbocycles. The molecule has 0 saturated carbocycles. The van der Waals surface area contributed by atoms with E-state index < -0.39 is 0 Å². The van der Waals surface area contributed by atoms with Crippen LogP contribution in [0.4, 0.5) is 11.6 Å². The quantitative estimate of drug-likeness (QED) is 0.939. The van der Waals surface area contributed by atoms with E-state index in [1.165, 1.54) is 0 Å². The van der Waals surface area contributed by atoms with Gasteiger partial charge in [-0.25, -0.2) is 9.97 Å². The molecule has 1 aromatic heterocycles. The van der Waals surface area contributed by atoms with Crippen LogP contribution >= 0.6 is 0 Å². The minimum Gasteiger partial charge on any atom is -0.337 e. The Labute approximate surface area is 128 Å². The normalized spacial score (nSPS) is 13.7. The number of nitrogens with one attached hydrogen (secondary N) is 1. The zero-order chi connectivity index (χ0) is 15.4. The predicted molar refractivity (Wildman–Crippen MR) is 81.6 cm³/mol. The van der Waals surface area contributed by atoms with E-state index in [9.17, 15) is 4.79 Å². The highest BCUT2D eigenvalue weighted by Gasteiger charge is 2.20. The van der Waals surface area contributed by atoms with Crippen molar-refractivity contribution < 1.29 is 4.79 Å². The maximum atomic E-state index is 12.3. The van der Waals surface area contributed by atoms with Crippen molar-refractivity contribution in [1.29, 1.82) is 5.26 Å². The van der Waals surface area contributed by atoms with Crippen LogP contribution in [-0.2, 0) is 0 Å². The van der Waals surface area contributed by atoms with Crippen molar-refractivity contribution >= 4 is 17.5 Å². The third-order valence-electron chi connectivity index (χ3n) is 3.56. The van der Waals surface area contributed by atoms with Crippen molar-refractivity contribution in [2.75, 3.05) is 18.4 Å². The Morgan fingerprint density at radius 1 is 1.23 bits per heavy atom. The second-order valence-electron chi connectivity index (χ2n) is 5.05. The van der Waals surface area contributed by atoms with Gasteiger partial charge in [-0.15, -0.1) is 0 Å². The molecule has 1 fully saturated rings. The van der Waals surface area contributed by atoms with Crippen molar-refractivity contribution in [2.45, 2.75) is 12.8 Å². The Balaban J connectivity index is 1.82. The molecule has 1 saturated heterocycles. The summed E-state index contributed by atoms with van der Waals surface area (Å²) in [5.74, 6) is 0.240. The predicted octanol–water partition coefficient (Wildman–Crippen LogP) is 2.33. The number of carbonyl (C=O) groups excluding carboxylic acids is 1. The lowest BCUT2D eigenvalue weighted by atomic mass is 10.2. The van der Waals surface area contributed by atoms with Gasteiger partial charge in [0.15, 0.2) is 0 Å². The first kappa shape index (κ1) is 14.0. The van der Waals surface area contributed by atoms with E-state index in [4.69, 9.17) is 5.26 Å². The molecule has 0 spiro atoms. The molecule has 22 heavy (non-hydrogen) atoms. The maximum absolute atomic E-state index is 12.3. The van der Waals surface area contributed by atoms with Crippen LogP contribution in [0.5, 0.6) is 0 Å². The lowest BCUT2D eigenvalue weighted by Gasteiger charge is -2.14. The van der Waals surface area contributed by atoms with Crippen LogP contribution in [0.25, 0.3) is 0 Å². The van der Waals surface area contributed by atoms with E-state index in [1.54, 1.807) is 35.4 Å². The summed E-state index contributed by atoms with van der Waals surface area (Å²) < 4.78 is 0. The number of para-hydroxylation sites is 1. The summed E-state index contributed by atoms with van der Waals surface area (Å²) in [5.41, 5.74) is 1.49. The van der Waals surface area contributed by atoms with Gasteiger partial charge in [0.1, 0.15) is 11.8 Å². The monoisotopic (exact) mass is 293 g/mol. The van der Waals surface area contributed by atoms with Crippen molar-refractivity contribution in [3.8, 4) is 6.07 Å². The summed E-state index contributed by atoms with van der Waals surface area (Å²) in [6.07, 6.45) is 3.63. The summed E-state index contributed by atoms with van der Waals surface area (Å²) in [4.78, 5) is 22.5. The van der Waals surface area contributed by atoms with Crippen LogP contribution in [0.3, 0.4) is 0 Å². The molecule has 1 N–H and O–H groups in total. The number of benzene rings is 1. The second-order valence-corrected chi connectivity index (χ2v) is 5.05. The first-order valence-corrected chi connectivity index (χ1v) is 7.16. The Morgan fingerprint density at radius 2 is 2.00 bits per heavy atom. The third-order valence-corrected chi connectivity index (χ3v) is 3.56. The highest BCUT2D eigenvalue weighted by atomic mass is 16.2. The average molecular weight is 293 g/mol. The smallest absolute Gasteiger partial charge is 0.272 e. The molecule has 1 aliphatic rings. The molecule has 6 nitrogen and oxygen atoms in total. The van der Waals surface area contributed by atoms with Crippen molar-refractivity contribution in [3.63, 3.8) is 0 Å². The van der Waals surface area contributed by atoms with Gasteiger partial charge in [0, 0.05) is 19.3 Å². The number of nitriles is 1. The molecule has 3 rings (SSSR count). The lowest BCUT2D eigenvalue weighted by Crippen LogP contribution is -2.28. The van der Waals surface area contributed by atoms with E-state index in [-0.39, 0.29) is 5.91 Å². The van der Waals surface area contributed by atoms with Crippen LogP contribution in [0.1, 0.15) is 28.9 Å². The number of hydrogen-bond acceptors (Lipinski definition) is 5. The average Bonchev–Trinajstić information content (AvgIpc) is 3.09. The Hall–Kier alpha value is -2.94. The van der Waals surface area contributed by atoms with Gasteiger partial charge < -0.3 is 10.2 Å². The van der Waals surface area contributed by atoms with Crippen LogP contribution < -0.4 is 5.32 Å². The summed E-state index contributed by atoms with van der Waals surface area (Å²) in [6, 6.07) is 10.8. The Morgan fingerprint density at radius 3 is 2.77 bits per heavy atom. The number of rotatable bonds is 3. The first-order chi connectivity index (χ1) is 10.8. The number of carbonyl (C=O) groups is 1. The summed E-state index contributed by atoms with van der Waals surface area (Å²) >= 11 is 0. The second kappa shape index (κ2) is 6.22. The number of hydrogen-bond donors (Lipinski definition) is 1. The van der Waals surface area contributed by atoms with Gasteiger partial charge in [-0.1, -0.05) is 12.1 Å². The zero-order valence-corrected chi connectivity index (χ0v) is 12.0. The molecule has 1 aromatic carbocycles. The van der Waals surface area contributed by atoms with Gasteiger partial charge in [-0.05, 0) is 31.0 Å². The molecule has 1 amide bonds. The number of anilines is 2. The molecule has 0 radical (unpaired) electrons. The lowest BCUT2D eigenvalue weighted by molar-refractivity contribution is 0.0787. The first-order valence-electron chi connectivity index (χ1n) is 7.16.